The Hall–Kier alpha value is -4.19. The molecule has 0 aromatic heterocycles. The Kier molecular flexibility index (Phi) is 8.08. The first kappa shape index (κ1) is 31.2. The summed E-state index contributed by atoms with van der Waals surface area (Å²) in [6.07, 6.45) is 0.196. The summed E-state index contributed by atoms with van der Waals surface area (Å²) in [6.45, 7) is 6.63. The van der Waals surface area contributed by atoms with Crippen molar-refractivity contribution in [2.75, 3.05) is 34.3 Å². The van der Waals surface area contributed by atoms with Crippen LogP contribution in [0, 0.1) is 11.8 Å². The van der Waals surface area contributed by atoms with Gasteiger partial charge in [0.2, 0.25) is 5.78 Å². The number of Topliss-reactive ketones (excluding diaryl/α,β-unsaturated/α-hetero) is 2. The summed E-state index contributed by atoms with van der Waals surface area (Å²) in [5.74, 6) is -6.24. The van der Waals surface area contributed by atoms with Crippen LogP contribution in [0.15, 0.2) is 53.0 Å². The summed E-state index contributed by atoms with van der Waals surface area (Å²) in [6, 6.07) is 7.95. The van der Waals surface area contributed by atoms with Crippen LogP contribution in [0.5, 0.6) is 11.5 Å². The standard InChI is InChI=1S/C33H39N3O8/c1-6-36(7-2)15-16-8-11-23(44-5)19(12-16)18-9-10-22(37)25-20(18)13-17-14-21-27(35(3)4)29(39)26(32(34)42)31(41)33(21,43)30(40)24(17)28(25)38/h8-12,17,21,27,37,39-40,43H,6-7,13-15H2,1-5H3,(H2,34,42). The first-order chi connectivity index (χ1) is 20.8. The van der Waals surface area contributed by atoms with E-state index < -0.39 is 58.0 Å². The number of carbonyl (C=O) groups excluding carboxylic acids is 3. The molecular weight excluding hydrogens is 566 g/mol. The number of amides is 1. The first-order valence-electron chi connectivity index (χ1n) is 14.7. The van der Waals surface area contributed by atoms with Crippen molar-refractivity contribution < 1.29 is 39.5 Å². The molecule has 0 radical (unpaired) electrons. The van der Waals surface area contributed by atoms with Crippen LogP contribution in [0.1, 0.15) is 41.8 Å². The van der Waals surface area contributed by atoms with Gasteiger partial charge in [0, 0.05) is 23.6 Å². The molecule has 0 bridgehead atoms. The maximum Gasteiger partial charge on any atom is 0.255 e. The average Bonchev–Trinajstić information content (AvgIpc) is 2.97. The molecule has 0 saturated heterocycles. The number of carbonyl (C=O) groups is 3. The SMILES string of the molecule is CCN(CC)Cc1ccc(OC)c(-c2ccc(O)c3c2CC2CC4C(N(C)C)C(O)=C(C(N)=O)C(=O)C4(O)C(O)=C2C3=O)c1. The molecule has 0 spiro atoms. The molecular formula is C33H39N3O8. The van der Waals surface area contributed by atoms with Gasteiger partial charge in [-0.25, -0.2) is 0 Å². The van der Waals surface area contributed by atoms with Crippen LogP contribution < -0.4 is 10.5 Å². The third-order valence-electron chi connectivity index (χ3n) is 9.46. The van der Waals surface area contributed by atoms with Crippen molar-refractivity contribution in [1.82, 2.24) is 9.80 Å². The number of ketones is 2. The van der Waals surface area contributed by atoms with Crippen molar-refractivity contribution >= 4 is 17.5 Å². The number of nitrogens with zero attached hydrogens (tertiary/aromatic N) is 2. The molecule has 234 valence electrons. The Labute approximate surface area is 255 Å². The molecule has 0 heterocycles. The lowest BCUT2D eigenvalue weighted by Gasteiger charge is -2.50. The van der Waals surface area contributed by atoms with Gasteiger partial charge in [0.1, 0.15) is 28.6 Å². The number of aliphatic hydroxyl groups is 3. The van der Waals surface area contributed by atoms with Crippen LogP contribution in [-0.2, 0) is 22.6 Å². The Morgan fingerprint density at radius 3 is 2.34 bits per heavy atom. The third-order valence-corrected chi connectivity index (χ3v) is 9.46. The van der Waals surface area contributed by atoms with Crippen LogP contribution in [-0.4, -0.2) is 93.6 Å². The molecule has 2 aromatic rings. The molecule has 5 rings (SSSR count). The van der Waals surface area contributed by atoms with Gasteiger partial charge in [-0.2, -0.15) is 0 Å². The van der Waals surface area contributed by atoms with Gasteiger partial charge in [0.05, 0.1) is 18.7 Å². The predicted octanol–water partition coefficient (Wildman–Crippen LogP) is 2.64. The van der Waals surface area contributed by atoms with Crippen molar-refractivity contribution in [2.24, 2.45) is 17.6 Å². The maximum atomic E-state index is 14.1. The lowest BCUT2D eigenvalue weighted by atomic mass is 9.58. The zero-order valence-electron chi connectivity index (χ0n) is 25.5. The smallest absolute Gasteiger partial charge is 0.255 e. The highest BCUT2D eigenvalue weighted by Crippen LogP contribution is 2.53. The van der Waals surface area contributed by atoms with Crippen molar-refractivity contribution in [3.63, 3.8) is 0 Å². The highest BCUT2D eigenvalue weighted by Gasteiger charge is 2.63. The molecule has 0 fully saturated rings. The molecule has 4 atom stereocenters. The van der Waals surface area contributed by atoms with Crippen molar-refractivity contribution in [3.8, 4) is 22.6 Å². The van der Waals surface area contributed by atoms with E-state index in [1.54, 1.807) is 27.3 Å². The molecule has 3 aliphatic carbocycles. The third kappa shape index (κ3) is 4.58. The van der Waals surface area contributed by atoms with Crippen molar-refractivity contribution in [2.45, 2.75) is 44.9 Å². The van der Waals surface area contributed by atoms with Gasteiger partial charge in [-0.1, -0.05) is 26.0 Å². The van der Waals surface area contributed by atoms with E-state index in [9.17, 15) is 34.8 Å². The average molecular weight is 606 g/mol. The van der Waals surface area contributed by atoms with Gasteiger partial charge < -0.3 is 30.9 Å². The van der Waals surface area contributed by atoms with E-state index in [0.717, 1.165) is 24.2 Å². The van der Waals surface area contributed by atoms with Crippen LogP contribution in [0.2, 0.25) is 0 Å². The van der Waals surface area contributed by atoms with Crippen LogP contribution >= 0.6 is 0 Å². The Balaban J connectivity index is 1.69. The fraction of sp³-hybridized carbons (Fsp3) is 0.424. The molecule has 4 unspecified atom stereocenters. The Morgan fingerprint density at radius 2 is 1.75 bits per heavy atom. The zero-order chi connectivity index (χ0) is 32.2. The molecule has 11 nitrogen and oxygen atoms in total. The quantitative estimate of drug-likeness (QED) is 0.282. The van der Waals surface area contributed by atoms with Gasteiger partial charge in [-0.15, -0.1) is 0 Å². The fourth-order valence-electron chi connectivity index (χ4n) is 7.27. The van der Waals surface area contributed by atoms with Gasteiger partial charge in [0.25, 0.3) is 5.91 Å². The number of benzene rings is 2. The van der Waals surface area contributed by atoms with Gasteiger partial charge in [-0.3, -0.25) is 24.2 Å². The van der Waals surface area contributed by atoms with E-state index in [1.807, 2.05) is 18.2 Å². The summed E-state index contributed by atoms with van der Waals surface area (Å²) in [7, 11) is 4.76. The molecule has 44 heavy (non-hydrogen) atoms. The van der Waals surface area contributed by atoms with Gasteiger partial charge in [-0.05, 0) is 80.8 Å². The number of likely N-dealkylation sites (N-methyl/N-ethyl adjacent to an activating group) is 1. The van der Waals surface area contributed by atoms with Gasteiger partial charge >= 0.3 is 0 Å². The highest BCUT2D eigenvalue weighted by molar-refractivity contribution is 6.25. The molecule has 0 saturated carbocycles. The molecule has 0 aliphatic heterocycles. The van der Waals surface area contributed by atoms with E-state index in [4.69, 9.17) is 10.5 Å². The molecule has 1 amide bonds. The van der Waals surface area contributed by atoms with Crippen LogP contribution in [0.4, 0.5) is 0 Å². The van der Waals surface area contributed by atoms with Crippen LogP contribution in [0.3, 0.4) is 0 Å². The number of allylic oxidation sites excluding steroid dienone is 1. The first-order valence-corrected chi connectivity index (χ1v) is 14.7. The van der Waals surface area contributed by atoms with E-state index in [-0.39, 0.29) is 29.7 Å². The maximum absolute atomic E-state index is 14.1. The molecule has 3 aliphatic rings. The molecule has 6 N–H and O–H groups in total. The van der Waals surface area contributed by atoms with E-state index >= 15 is 0 Å². The van der Waals surface area contributed by atoms with Gasteiger partial charge in [0.15, 0.2) is 11.4 Å². The molecule has 2 aromatic carbocycles. The number of nitrogens with two attached hydrogens (primary N) is 1. The Bertz CT molecular complexity index is 1620. The number of hydrogen-bond acceptors (Lipinski definition) is 10. The number of aromatic hydroxyl groups is 1. The van der Waals surface area contributed by atoms with E-state index in [1.165, 1.54) is 11.0 Å². The fourth-order valence-corrected chi connectivity index (χ4v) is 7.27. The number of methoxy groups -OCH3 is 1. The second kappa shape index (κ2) is 11.4. The summed E-state index contributed by atoms with van der Waals surface area (Å²) in [4.78, 5) is 43.6. The second-order valence-corrected chi connectivity index (χ2v) is 11.9. The molecule has 11 heteroatoms. The van der Waals surface area contributed by atoms with Crippen molar-refractivity contribution in [3.05, 3.63) is 69.7 Å². The topological polar surface area (TPSA) is 174 Å². The minimum Gasteiger partial charge on any atom is -0.510 e. The summed E-state index contributed by atoms with van der Waals surface area (Å²) >= 11 is 0. The normalized spacial score (nSPS) is 24.9. The number of fused-ring (bicyclic) bond motifs is 3. The zero-order valence-corrected chi connectivity index (χ0v) is 25.5. The number of rotatable bonds is 8. The predicted molar refractivity (Wildman–Crippen MR) is 162 cm³/mol. The number of primary amides is 1. The number of hydrogen-bond donors (Lipinski definition) is 5. The number of phenolic OH excluding ortho intramolecular Hbond substituents is 1. The lowest BCUT2D eigenvalue weighted by molar-refractivity contribution is -0.148. The largest absolute Gasteiger partial charge is 0.510 e. The number of phenols is 1. The minimum atomic E-state index is -2.68. The summed E-state index contributed by atoms with van der Waals surface area (Å²) in [5, 5.41) is 45.3. The Morgan fingerprint density at radius 1 is 1.07 bits per heavy atom. The number of aliphatic hydroxyl groups excluding tert-OH is 2. The number of ether oxygens (including phenoxy) is 1. The summed E-state index contributed by atoms with van der Waals surface area (Å²) in [5.41, 5.74) is 4.65. The lowest BCUT2D eigenvalue weighted by Crippen LogP contribution is -2.63. The second-order valence-electron chi connectivity index (χ2n) is 11.9. The minimum absolute atomic E-state index is 0.0139. The highest BCUT2D eigenvalue weighted by atomic mass is 16.5. The van der Waals surface area contributed by atoms with Crippen LogP contribution in [0.25, 0.3) is 11.1 Å². The monoisotopic (exact) mass is 605 g/mol. The summed E-state index contributed by atoms with van der Waals surface area (Å²) < 4.78 is 5.70. The van der Waals surface area contributed by atoms with Crippen molar-refractivity contribution in [1.29, 1.82) is 0 Å². The van der Waals surface area contributed by atoms with E-state index in [2.05, 4.69) is 18.7 Å². The van der Waals surface area contributed by atoms with E-state index in [0.29, 0.717) is 23.4 Å².